The Morgan fingerprint density at radius 2 is 1.85 bits per heavy atom. The summed E-state index contributed by atoms with van der Waals surface area (Å²) in [6.07, 6.45) is 0. The summed E-state index contributed by atoms with van der Waals surface area (Å²) in [4.78, 5) is 22.0. The van der Waals surface area contributed by atoms with E-state index in [9.17, 15) is 14.9 Å². The number of amides is 1. The highest BCUT2D eigenvalue weighted by Crippen LogP contribution is 2.18. The van der Waals surface area contributed by atoms with Crippen LogP contribution >= 0.6 is 0 Å². The largest absolute Gasteiger partial charge is 0.399 e. The van der Waals surface area contributed by atoms with Crippen LogP contribution in [0.1, 0.15) is 15.9 Å². The molecule has 0 saturated carbocycles. The molecule has 3 N–H and O–H groups in total. The molecular formula is C14H13N3O3. The lowest BCUT2D eigenvalue weighted by molar-refractivity contribution is -0.384. The lowest BCUT2D eigenvalue weighted by Gasteiger charge is -2.07. The maximum atomic E-state index is 12.0. The average molecular weight is 271 g/mol. The van der Waals surface area contributed by atoms with Crippen molar-refractivity contribution >= 4 is 23.0 Å². The van der Waals surface area contributed by atoms with E-state index < -0.39 is 4.92 Å². The Hall–Kier alpha value is -2.89. The first-order chi connectivity index (χ1) is 9.47. The van der Waals surface area contributed by atoms with Crippen molar-refractivity contribution in [1.29, 1.82) is 0 Å². The number of nitrogens with two attached hydrogens (primary N) is 1. The molecule has 0 unspecified atom stereocenters. The van der Waals surface area contributed by atoms with Crippen LogP contribution in [-0.2, 0) is 0 Å². The van der Waals surface area contributed by atoms with E-state index in [1.807, 2.05) is 6.92 Å². The minimum absolute atomic E-state index is 0.0510. The van der Waals surface area contributed by atoms with Gasteiger partial charge in [-0.25, -0.2) is 0 Å². The molecule has 20 heavy (non-hydrogen) atoms. The minimum atomic E-state index is -0.509. The molecule has 0 aromatic heterocycles. The van der Waals surface area contributed by atoms with Crippen LogP contribution < -0.4 is 11.1 Å². The van der Waals surface area contributed by atoms with Crippen molar-refractivity contribution in [2.24, 2.45) is 0 Å². The average Bonchev–Trinajstić information content (AvgIpc) is 2.43. The lowest BCUT2D eigenvalue weighted by Crippen LogP contribution is -2.12. The number of anilines is 2. The molecule has 2 aromatic rings. The van der Waals surface area contributed by atoms with Gasteiger partial charge in [-0.3, -0.25) is 14.9 Å². The first kappa shape index (κ1) is 13.5. The van der Waals surface area contributed by atoms with Crippen molar-refractivity contribution in [2.45, 2.75) is 6.92 Å². The Morgan fingerprint density at radius 1 is 1.20 bits per heavy atom. The van der Waals surface area contributed by atoms with Crippen molar-refractivity contribution in [1.82, 2.24) is 0 Å². The van der Waals surface area contributed by atoms with E-state index in [4.69, 9.17) is 5.73 Å². The number of nitrogens with one attached hydrogen (secondary N) is 1. The third-order valence-electron chi connectivity index (χ3n) is 2.87. The maximum absolute atomic E-state index is 12.0. The molecule has 6 nitrogen and oxygen atoms in total. The fraction of sp³-hybridized carbons (Fsp3) is 0.0714. The molecule has 0 aliphatic heterocycles. The van der Waals surface area contributed by atoms with Gasteiger partial charge in [-0.05, 0) is 42.8 Å². The number of hydrogen-bond donors (Lipinski definition) is 2. The summed E-state index contributed by atoms with van der Waals surface area (Å²) in [5.74, 6) is -0.330. The van der Waals surface area contributed by atoms with Gasteiger partial charge in [0.25, 0.3) is 11.6 Å². The van der Waals surface area contributed by atoms with Gasteiger partial charge in [0.2, 0.25) is 0 Å². The van der Waals surface area contributed by atoms with Gasteiger partial charge in [-0.15, -0.1) is 0 Å². The molecule has 0 aliphatic carbocycles. The summed E-state index contributed by atoms with van der Waals surface area (Å²) in [6.45, 7) is 1.84. The zero-order valence-electron chi connectivity index (χ0n) is 10.8. The predicted molar refractivity (Wildman–Crippen MR) is 76.6 cm³/mol. The second-order valence-electron chi connectivity index (χ2n) is 4.33. The molecule has 2 rings (SSSR count). The van der Waals surface area contributed by atoms with Crippen molar-refractivity contribution < 1.29 is 9.72 Å². The molecule has 0 spiro atoms. The highest BCUT2D eigenvalue weighted by Gasteiger charge is 2.09. The Morgan fingerprint density at radius 3 is 2.40 bits per heavy atom. The molecule has 0 radical (unpaired) electrons. The zero-order chi connectivity index (χ0) is 14.7. The maximum Gasteiger partial charge on any atom is 0.269 e. The fourth-order valence-corrected chi connectivity index (χ4v) is 1.69. The third-order valence-corrected chi connectivity index (χ3v) is 2.87. The topological polar surface area (TPSA) is 98.3 Å². The summed E-state index contributed by atoms with van der Waals surface area (Å²) in [5.41, 5.74) is 8.14. The van der Waals surface area contributed by atoms with Crippen LogP contribution in [0, 0.1) is 17.0 Å². The second-order valence-corrected chi connectivity index (χ2v) is 4.33. The van der Waals surface area contributed by atoms with Crippen LogP contribution in [0.5, 0.6) is 0 Å². The second kappa shape index (κ2) is 5.40. The number of nitrogens with zero attached hydrogens (tertiary/aromatic N) is 1. The fourth-order valence-electron chi connectivity index (χ4n) is 1.69. The molecule has 0 atom stereocenters. The van der Waals surface area contributed by atoms with Gasteiger partial charge in [-0.2, -0.15) is 0 Å². The molecule has 6 heteroatoms. The molecule has 102 valence electrons. The van der Waals surface area contributed by atoms with Crippen LogP contribution in [0.4, 0.5) is 17.1 Å². The van der Waals surface area contributed by atoms with Crippen LogP contribution in [0.15, 0.2) is 42.5 Å². The van der Waals surface area contributed by atoms with Crippen molar-refractivity contribution in [3.63, 3.8) is 0 Å². The van der Waals surface area contributed by atoms with Gasteiger partial charge in [0.1, 0.15) is 0 Å². The summed E-state index contributed by atoms with van der Waals surface area (Å²) in [5, 5.41) is 13.2. The van der Waals surface area contributed by atoms with Crippen molar-refractivity contribution in [3.8, 4) is 0 Å². The number of non-ortho nitro benzene ring substituents is 1. The first-order valence-corrected chi connectivity index (χ1v) is 5.89. The van der Waals surface area contributed by atoms with Gasteiger partial charge in [-0.1, -0.05) is 0 Å². The van der Waals surface area contributed by atoms with Gasteiger partial charge >= 0.3 is 0 Å². The summed E-state index contributed by atoms with van der Waals surface area (Å²) < 4.78 is 0. The van der Waals surface area contributed by atoms with E-state index in [0.29, 0.717) is 16.9 Å². The van der Waals surface area contributed by atoms with Crippen molar-refractivity contribution in [2.75, 3.05) is 11.1 Å². The molecular weight excluding hydrogens is 258 g/mol. The van der Waals surface area contributed by atoms with Gasteiger partial charge in [0.15, 0.2) is 0 Å². The van der Waals surface area contributed by atoms with Gasteiger partial charge in [0, 0.05) is 29.1 Å². The first-order valence-electron chi connectivity index (χ1n) is 5.89. The number of carbonyl (C=O) groups excluding carboxylic acids is 1. The summed E-state index contributed by atoms with van der Waals surface area (Å²) in [7, 11) is 0. The number of nitro groups is 1. The Labute approximate surface area is 115 Å². The van der Waals surface area contributed by atoms with E-state index in [1.54, 1.807) is 18.2 Å². The number of hydrogen-bond acceptors (Lipinski definition) is 4. The van der Waals surface area contributed by atoms with Gasteiger partial charge < -0.3 is 11.1 Å². The van der Waals surface area contributed by atoms with E-state index in [-0.39, 0.29) is 11.6 Å². The number of carbonyl (C=O) groups is 1. The zero-order valence-corrected chi connectivity index (χ0v) is 10.8. The quantitative estimate of drug-likeness (QED) is 0.509. The number of nitrogen functional groups attached to an aromatic ring is 1. The van der Waals surface area contributed by atoms with Crippen LogP contribution in [0.3, 0.4) is 0 Å². The molecule has 0 bridgehead atoms. The highest BCUT2D eigenvalue weighted by atomic mass is 16.6. The van der Waals surface area contributed by atoms with Gasteiger partial charge in [0.05, 0.1) is 4.92 Å². The normalized spacial score (nSPS) is 10.1. The predicted octanol–water partition coefficient (Wildman–Crippen LogP) is 2.74. The van der Waals surface area contributed by atoms with E-state index in [2.05, 4.69) is 5.32 Å². The molecule has 0 fully saturated rings. The number of nitro benzene ring substituents is 1. The van der Waals surface area contributed by atoms with E-state index in [1.165, 1.54) is 24.3 Å². The molecule has 1 amide bonds. The molecule has 2 aromatic carbocycles. The van der Waals surface area contributed by atoms with Crippen LogP contribution in [0.25, 0.3) is 0 Å². The number of aryl methyl sites for hydroxylation is 1. The highest BCUT2D eigenvalue weighted by molar-refractivity contribution is 6.04. The lowest BCUT2D eigenvalue weighted by atomic mass is 10.1. The Bertz CT molecular complexity index is 666. The monoisotopic (exact) mass is 271 g/mol. The van der Waals surface area contributed by atoms with Crippen LogP contribution in [0.2, 0.25) is 0 Å². The minimum Gasteiger partial charge on any atom is -0.399 e. The van der Waals surface area contributed by atoms with Crippen molar-refractivity contribution in [3.05, 3.63) is 63.7 Å². The molecule has 0 saturated heterocycles. The SMILES string of the molecule is Cc1cc(NC(=O)c2ccc([N+](=O)[O-])cc2)ccc1N. The number of benzene rings is 2. The Kier molecular flexibility index (Phi) is 3.65. The standard InChI is InChI=1S/C14H13N3O3/c1-9-8-11(4-7-13(9)15)16-14(18)10-2-5-12(6-3-10)17(19)20/h2-8H,15H2,1H3,(H,16,18). The van der Waals surface area contributed by atoms with E-state index in [0.717, 1.165) is 5.56 Å². The summed E-state index contributed by atoms with van der Waals surface area (Å²) in [6, 6.07) is 10.6. The van der Waals surface area contributed by atoms with Crippen LogP contribution in [-0.4, -0.2) is 10.8 Å². The molecule has 0 heterocycles. The molecule has 0 aliphatic rings. The summed E-state index contributed by atoms with van der Waals surface area (Å²) >= 11 is 0. The smallest absolute Gasteiger partial charge is 0.269 e. The van der Waals surface area contributed by atoms with E-state index >= 15 is 0 Å². The Balaban J connectivity index is 2.15. The number of rotatable bonds is 3. The third kappa shape index (κ3) is 2.92.